The van der Waals surface area contributed by atoms with Crippen LogP contribution in [0.4, 0.5) is 0 Å². The van der Waals surface area contributed by atoms with Crippen LogP contribution in [0.3, 0.4) is 0 Å². The molecule has 22 heavy (non-hydrogen) atoms. The van der Waals surface area contributed by atoms with Crippen molar-refractivity contribution < 1.29 is 19.1 Å². The molecule has 0 radical (unpaired) electrons. The minimum atomic E-state index is -1.12. The number of carbonyl (C=O) groups is 3. The number of cyclic esters (lactones) is 1. The Morgan fingerprint density at radius 2 is 1.36 bits per heavy atom. The van der Waals surface area contributed by atoms with E-state index in [4.69, 9.17) is 4.74 Å². The highest BCUT2D eigenvalue weighted by Crippen LogP contribution is 2.26. The number of carbonyl (C=O) groups excluding carboxylic acids is 3. The second-order valence-corrected chi connectivity index (χ2v) is 6.80. The van der Waals surface area contributed by atoms with Crippen LogP contribution in [-0.4, -0.2) is 24.1 Å². The first-order chi connectivity index (χ1) is 10.7. The quantitative estimate of drug-likeness (QED) is 0.590. The van der Waals surface area contributed by atoms with Crippen molar-refractivity contribution in [2.75, 3.05) is 6.61 Å². The topological polar surface area (TPSA) is 60.4 Å². The summed E-state index contributed by atoms with van der Waals surface area (Å²) in [4.78, 5) is 35.4. The van der Waals surface area contributed by atoms with Crippen LogP contribution in [0.25, 0.3) is 0 Å². The van der Waals surface area contributed by atoms with Crippen LogP contribution in [0.15, 0.2) is 0 Å². The lowest BCUT2D eigenvalue weighted by atomic mass is 9.86. The SMILES string of the molecule is O=C1COC(=O)C1C(=O)CC1CCCCCCCCCCC1. The molecule has 0 amide bonds. The summed E-state index contributed by atoms with van der Waals surface area (Å²) in [5.74, 6) is -2.01. The van der Waals surface area contributed by atoms with Gasteiger partial charge in [0.1, 0.15) is 0 Å². The average Bonchev–Trinajstić information content (AvgIpc) is 2.81. The summed E-state index contributed by atoms with van der Waals surface area (Å²) in [5, 5.41) is 0. The van der Waals surface area contributed by atoms with Crippen molar-refractivity contribution in [3.8, 4) is 0 Å². The molecular weight excluding hydrogens is 280 g/mol. The monoisotopic (exact) mass is 308 g/mol. The van der Waals surface area contributed by atoms with Crippen molar-refractivity contribution in [1.82, 2.24) is 0 Å². The molecule has 1 heterocycles. The van der Waals surface area contributed by atoms with E-state index in [2.05, 4.69) is 0 Å². The van der Waals surface area contributed by atoms with Gasteiger partial charge < -0.3 is 4.74 Å². The van der Waals surface area contributed by atoms with Gasteiger partial charge in [-0.1, -0.05) is 70.6 Å². The lowest BCUT2D eigenvalue weighted by Gasteiger charge is -2.18. The zero-order valence-corrected chi connectivity index (χ0v) is 13.5. The van der Waals surface area contributed by atoms with Crippen molar-refractivity contribution in [2.24, 2.45) is 11.8 Å². The number of hydrogen-bond donors (Lipinski definition) is 0. The number of esters is 1. The first-order valence-electron chi connectivity index (χ1n) is 8.90. The minimum Gasteiger partial charge on any atom is -0.457 e. The van der Waals surface area contributed by atoms with Gasteiger partial charge in [-0.2, -0.15) is 0 Å². The molecule has 1 aliphatic heterocycles. The number of ketones is 2. The molecule has 2 fully saturated rings. The first kappa shape index (κ1) is 17.2. The van der Waals surface area contributed by atoms with Crippen molar-refractivity contribution >= 4 is 17.5 Å². The Bertz CT molecular complexity index is 374. The second kappa shape index (κ2) is 9.06. The van der Waals surface area contributed by atoms with Crippen molar-refractivity contribution in [3.63, 3.8) is 0 Å². The highest BCUT2D eigenvalue weighted by Gasteiger charge is 2.41. The summed E-state index contributed by atoms with van der Waals surface area (Å²) >= 11 is 0. The second-order valence-electron chi connectivity index (χ2n) is 6.80. The molecule has 0 aromatic heterocycles. The fourth-order valence-electron chi connectivity index (χ4n) is 3.61. The van der Waals surface area contributed by atoms with E-state index < -0.39 is 11.9 Å². The highest BCUT2D eigenvalue weighted by molar-refractivity contribution is 6.20. The molecular formula is C18H28O4. The van der Waals surface area contributed by atoms with Crippen LogP contribution in [0.2, 0.25) is 0 Å². The molecule has 0 bridgehead atoms. The predicted molar refractivity (Wildman–Crippen MR) is 83.4 cm³/mol. The van der Waals surface area contributed by atoms with Crippen molar-refractivity contribution in [2.45, 2.75) is 77.0 Å². The molecule has 2 aliphatic rings. The Hall–Kier alpha value is -1.19. The molecule has 0 aromatic rings. The van der Waals surface area contributed by atoms with Gasteiger partial charge >= 0.3 is 5.97 Å². The number of Topliss-reactive ketones (excluding diaryl/α,β-unsaturated/α-hetero) is 2. The summed E-state index contributed by atoms with van der Waals surface area (Å²) in [5.41, 5.74) is 0. The lowest BCUT2D eigenvalue weighted by molar-refractivity contribution is -0.145. The third-order valence-corrected chi connectivity index (χ3v) is 4.95. The fourth-order valence-corrected chi connectivity index (χ4v) is 3.61. The number of hydrogen-bond acceptors (Lipinski definition) is 4. The Balaban J connectivity index is 1.85. The molecule has 4 heteroatoms. The molecule has 1 saturated carbocycles. The smallest absolute Gasteiger partial charge is 0.324 e. The summed E-state index contributed by atoms with van der Waals surface area (Å²) in [7, 11) is 0. The predicted octanol–water partition coefficient (Wildman–Crippen LogP) is 3.61. The molecule has 0 spiro atoms. The van der Waals surface area contributed by atoms with Crippen LogP contribution >= 0.6 is 0 Å². The van der Waals surface area contributed by atoms with E-state index in [1.54, 1.807) is 0 Å². The maximum Gasteiger partial charge on any atom is 0.324 e. The largest absolute Gasteiger partial charge is 0.457 e. The van der Waals surface area contributed by atoms with E-state index in [1.807, 2.05) is 0 Å². The molecule has 0 aromatic carbocycles. The minimum absolute atomic E-state index is 0.218. The van der Waals surface area contributed by atoms with Crippen molar-refractivity contribution in [1.29, 1.82) is 0 Å². The summed E-state index contributed by atoms with van der Waals surface area (Å²) < 4.78 is 4.69. The molecule has 1 atom stereocenters. The van der Waals surface area contributed by atoms with E-state index in [0.717, 1.165) is 25.7 Å². The molecule has 1 unspecified atom stereocenters. The molecule has 2 rings (SSSR count). The number of rotatable bonds is 3. The summed E-state index contributed by atoms with van der Waals surface area (Å²) in [6, 6.07) is 0. The van der Waals surface area contributed by atoms with Gasteiger partial charge in [0.25, 0.3) is 0 Å². The fraction of sp³-hybridized carbons (Fsp3) is 0.833. The van der Waals surface area contributed by atoms with Crippen LogP contribution in [0.5, 0.6) is 0 Å². The molecule has 1 saturated heterocycles. The Morgan fingerprint density at radius 1 is 0.864 bits per heavy atom. The van der Waals surface area contributed by atoms with E-state index in [-0.39, 0.29) is 18.2 Å². The zero-order chi connectivity index (χ0) is 15.8. The summed E-state index contributed by atoms with van der Waals surface area (Å²) in [6.07, 6.45) is 13.8. The van der Waals surface area contributed by atoms with Gasteiger partial charge in [-0.05, 0) is 5.92 Å². The maximum atomic E-state index is 12.3. The zero-order valence-electron chi connectivity index (χ0n) is 13.5. The van der Waals surface area contributed by atoms with Crippen LogP contribution in [0, 0.1) is 11.8 Å². The third-order valence-electron chi connectivity index (χ3n) is 4.95. The van der Waals surface area contributed by atoms with Crippen LogP contribution < -0.4 is 0 Å². The van der Waals surface area contributed by atoms with Gasteiger partial charge in [0.2, 0.25) is 0 Å². The van der Waals surface area contributed by atoms with Gasteiger partial charge in [0.15, 0.2) is 24.1 Å². The van der Waals surface area contributed by atoms with Crippen LogP contribution in [0.1, 0.15) is 77.0 Å². The maximum absolute atomic E-state index is 12.3. The summed E-state index contributed by atoms with van der Waals surface area (Å²) in [6.45, 7) is -0.222. The Morgan fingerprint density at radius 3 is 1.82 bits per heavy atom. The molecule has 124 valence electrons. The lowest BCUT2D eigenvalue weighted by Crippen LogP contribution is -2.27. The Labute approximate surface area is 133 Å². The average molecular weight is 308 g/mol. The number of ether oxygens (including phenoxy) is 1. The van der Waals surface area contributed by atoms with E-state index in [1.165, 1.54) is 44.9 Å². The van der Waals surface area contributed by atoms with Gasteiger partial charge in [-0.3, -0.25) is 14.4 Å². The Kier molecular flexibility index (Phi) is 7.07. The van der Waals surface area contributed by atoms with E-state index in [0.29, 0.717) is 12.3 Å². The molecule has 1 aliphatic carbocycles. The molecule has 0 N–H and O–H groups in total. The van der Waals surface area contributed by atoms with Gasteiger partial charge in [0, 0.05) is 6.42 Å². The van der Waals surface area contributed by atoms with E-state index >= 15 is 0 Å². The highest BCUT2D eigenvalue weighted by atomic mass is 16.5. The molecule has 4 nitrogen and oxygen atoms in total. The van der Waals surface area contributed by atoms with E-state index in [9.17, 15) is 14.4 Å². The first-order valence-corrected chi connectivity index (χ1v) is 8.90. The van der Waals surface area contributed by atoms with Crippen LogP contribution in [-0.2, 0) is 19.1 Å². The standard InChI is InChI=1S/C18H28O4/c19-15(17-16(20)13-22-18(17)21)12-14-10-8-6-4-2-1-3-5-7-9-11-14/h14,17H,1-13H2. The van der Waals surface area contributed by atoms with Gasteiger partial charge in [0.05, 0.1) is 0 Å². The van der Waals surface area contributed by atoms with Gasteiger partial charge in [-0.25, -0.2) is 0 Å². The normalized spacial score (nSPS) is 26.1. The third kappa shape index (κ3) is 5.22. The van der Waals surface area contributed by atoms with Crippen molar-refractivity contribution in [3.05, 3.63) is 0 Å². The van der Waals surface area contributed by atoms with Gasteiger partial charge in [-0.15, -0.1) is 0 Å².